The molecule has 2 saturated carbocycles. The minimum atomic E-state index is -0.188. The van der Waals surface area contributed by atoms with Gasteiger partial charge in [-0.1, -0.05) is 0 Å². The lowest BCUT2D eigenvalue weighted by Gasteiger charge is -2.18. The molecule has 0 saturated heterocycles. The van der Waals surface area contributed by atoms with E-state index in [4.69, 9.17) is 4.74 Å². The van der Waals surface area contributed by atoms with Crippen LogP contribution in [0.3, 0.4) is 0 Å². The minimum Gasteiger partial charge on any atom is -0.462 e. The molecular formula is C10H16O3. The van der Waals surface area contributed by atoms with Crippen molar-refractivity contribution >= 4 is 5.97 Å². The van der Waals surface area contributed by atoms with Crippen LogP contribution >= 0.6 is 0 Å². The third-order valence-electron chi connectivity index (χ3n) is 3.42. The maximum absolute atomic E-state index is 10.8. The van der Waals surface area contributed by atoms with Gasteiger partial charge in [0.05, 0.1) is 6.10 Å². The van der Waals surface area contributed by atoms with E-state index in [9.17, 15) is 9.90 Å². The smallest absolute Gasteiger partial charge is 0.302 e. The van der Waals surface area contributed by atoms with Crippen molar-refractivity contribution < 1.29 is 14.6 Å². The van der Waals surface area contributed by atoms with Gasteiger partial charge in [0.25, 0.3) is 0 Å². The topological polar surface area (TPSA) is 46.5 Å². The zero-order valence-corrected chi connectivity index (χ0v) is 7.90. The normalized spacial score (nSPS) is 43.2. The first kappa shape index (κ1) is 9.00. The molecule has 74 valence electrons. The van der Waals surface area contributed by atoms with Crippen LogP contribution in [-0.2, 0) is 9.53 Å². The van der Waals surface area contributed by atoms with E-state index in [2.05, 4.69) is 0 Å². The van der Waals surface area contributed by atoms with Gasteiger partial charge >= 0.3 is 5.97 Å². The molecule has 2 fully saturated rings. The second-order valence-corrected chi connectivity index (χ2v) is 4.20. The number of aliphatic hydroxyl groups is 1. The lowest BCUT2D eigenvalue weighted by atomic mass is 9.98. The molecule has 0 aliphatic heterocycles. The van der Waals surface area contributed by atoms with Crippen molar-refractivity contribution in [1.29, 1.82) is 0 Å². The van der Waals surface area contributed by atoms with Crippen LogP contribution in [0.2, 0.25) is 0 Å². The van der Waals surface area contributed by atoms with Crippen LogP contribution in [0.25, 0.3) is 0 Å². The third-order valence-corrected chi connectivity index (χ3v) is 3.42. The molecule has 3 nitrogen and oxygen atoms in total. The Bertz CT molecular complexity index is 214. The number of hydrogen-bond acceptors (Lipinski definition) is 3. The van der Waals surface area contributed by atoms with Gasteiger partial charge in [0.2, 0.25) is 0 Å². The van der Waals surface area contributed by atoms with Crippen LogP contribution in [0.4, 0.5) is 0 Å². The highest BCUT2D eigenvalue weighted by molar-refractivity contribution is 5.66. The van der Waals surface area contributed by atoms with Crippen molar-refractivity contribution in [3.63, 3.8) is 0 Å². The summed E-state index contributed by atoms with van der Waals surface area (Å²) in [6.45, 7) is 1.46. The third kappa shape index (κ3) is 1.57. The van der Waals surface area contributed by atoms with Crippen LogP contribution < -0.4 is 0 Å². The molecule has 0 spiro atoms. The van der Waals surface area contributed by atoms with Crippen molar-refractivity contribution in [2.24, 2.45) is 11.8 Å². The van der Waals surface area contributed by atoms with Crippen LogP contribution in [-0.4, -0.2) is 23.3 Å². The van der Waals surface area contributed by atoms with Gasteiger partial charge in [0.1, 0.15) is 6.10 Å². The standard InChI is InChI=1S/C10H16O3/c1-6(11)13-10-5-3-7-8(10)2-4-9(7)12/h7-10,12H,2-5H2,1H3/t7?,8-,9?,10?/m0/s1. The van der Waals surface area contributed by atoms with Gasteiger partial charge < -0.3 is 9.84 Å². The number of aliphatic hydroxyl groups excluding tert-OH is 1. The summed E-state index contributed by atoms with van der Waals surface area (Å²) in [5, 5.41) is 9.61. The van der Waals surface area contributed by atoms with E-state index in [1.54, 1.807) is 0 Å². The molecule has 1 N–H and O–H groups in total. The predicted molar refractivity (Wildman–Crippen MR) is 47.0 cm³/mol. The number of rotatable bonds is 1. The molecule has 0 aromatic heterocycles. The highest BCUT2D eigenvalue weighted by atomic mass is 16.5. The molecule has 3 heteroatoms. The first-order chi connectivity index (χ1) is 6.18. The van der Waals surface area contributed by atoms with Gasteiger partial charge in [0.15, 0.2) is 0 Å². The molecule has 2 rings (SSSR count). The fraction of sp³-hybridized carbons (Fsp3) is 0.900. The molecule has 0 aromatic rings. The first-order valence-corrected chi connectivity index (χ1v) is 5.04. The molecule has 3 unspecified atom stereocenters. The van der Waals surface area contributed by atoms with Crippen LogP contribution in [0.1, 0.15) is 32.6 Å². The second-order valence-electron chi connectivity index (χ2n) is 4.20. The van der Waals surface area contributed by atoms with E-state index < -0.39 is 0 Å². The van der Waals surface area contributed by atoms with Crippen molar-refractivity contribution in [1.82, 2.24) is 0 Å². The van der Waals surface area contributed by atoms with Crippen molar-refractivity contribution in [2.75, 3.05) is 0 Å². The summed E-state index contributed by atoms with van der Waals surface area (Å²) >= 11 is 0. The molecule has 2 aliphatic carbocycles. The Morgan fingerprint density at radius 2 is 1.92 bits per heavy atom. The number of carbonyl (C=O) groups is 1. The van der Waals surface area contributed by atoms with Gasteiger partial charge in [-0.2, -0.15) is 0 Å². The fourth-order valence-electron chi connectivity index (χ4n) is 2.88. The highest BCUT2D eigenvalue weighted by Crippen LogP contribution is 2.45. The van der Waals surface area contributed by atoms with Gasteiger partial charge in [-0.3, -0.25) is 4.79 Å². The summed E-state index contributed by atoms with van der Waals surface area (Å²) in [5.41, 5.74) is 0. The first-order valence-electron chi connectivity index (χ1n) is 5.04. The Labute approximate surface area is 78.1 Å². The Hall–Kier alpha value is -0.570. The maximum atomic E-state index is 10.8. The van der Waals surface area contributed by atoms with Gasteiger partial charge in [-0.05, 0) is 31.6 Å². The summed E-state index contributed by atoms with van der Waals surface area (Å²) in [5.74, 6) is 0.635. The van der Waals surface area contributed by atoms with Gasteiger partial charge in [0, 0.05) is 12.8 Å². The number of esters is 1. The zero-order valence-electron chi connectivity index (χ0n) is 7.90. The lowest BCUT2D eigenvalue weighted by molar-refractivity contribution is -0.148. The van der Waals surface area contributed by atoms with Crippen LogP contribution in [0.15, 0.2) is 0 Å². The Morgan fingerprint density at radius 1 is 1.23 bits per heavy atom. The van der Waals surface area contributed by atoms with E-state index in [0.717, 1.165) is 25.7 Å². The number of carbonyl (C=O) groups excluding carboxylic acids is 1. The Kier molecular flexibility index (Phi) is 2.28. The fourth-order valence-corrected chi connectivity index (χ4v) is 2.88. The van der Waals surface area contributed by atoms with Gasteiger partial charge in [-0.15, -0.1) is 0 Å². The summed E-state index contributed by atoms with van der Waals surface area (Å²) in [6.07, 6.45) is 3.79. The van der Waals surface area contributed by atoms with Crippen molar-refractivity contribution in [3.05, 3.63) is 0 Å². The number of ether oxygens (including phenoxy) is 1. The average Bonchev–Trinajstić information content (AvgIpc) is 2.56. The molecule has 0 bridgehead atoms. The molecule has 2 aliphatic rings. The molecule has 13 heavy (non-hydrogen) atoms. The molecule has 0 amide bonds. The van der Waals surface area contributed by atoms with Crippen molar-refractivity contribution in [3.8, 4) is 0 Å². The maximum Gasteiger partial charge on any atom is 0.302 e. The Balaban J connectivity index is 1.98. The SMILES string of the molecule is CC(=O)OC1CCC2C(O)CC[C@H]12. The largest absolute Gasteiger partial charge is 0.462 e. The summed E-state index contributed by atoms with van der Waals surface area (Å²) < 4.78 is 5.22. The van der Waals surface area contributed by atoms with Crippen LogP contribution in [0, 0.1) is 11.8 Å². The molecule has 0 radical (unpaired) electrons. The summed E-state index contributed by atoms with van der Waals surface area (Å²) in [7, 11) is 0. The minimum absolute atomic E-state index is 0.0830. The summed E-state index contributed by atoms with van der Waals surface area (Å²) in [6, 6.07) is 0. The monoisotopic (exact) mass is 184 g/mol. The quantitative estimate of drug-likeness (QED) is 0.621. The zero-order chi connectivity index (χ0) is 9.42. The molecular weight excluding hydrogens is 168 g/mol. The second kappa shape index (κ2) is 3.29. The Morgan fingerprint density at radius 3 is 2.62 bits per heavy atom. The van der Waals surface area contributed by atoms with E-state index >= 15 is 0 Å². The number of hydrogen-bond donors (Lipinski definition) is 1. The average molecular weight is 184 g/mol. The van der Waals surface area contributed by atoms with Crippen LogP contribution in [0.5, 0.6) is 0 Å². The van der Waals surface area contributed by atoms with E-state index in [1.807, 2.05) is 0 Å². The number of fused-ring (bicyclic) bond motifs is 1. The molecule has 0 aromatic carbocycles. The predicted octanol–water partition coefficient (Wildman–Crippen LogP) is 1.10. The van der Waals surface area contributed by atoms with Gasteiger partial charge in [-0.25, -0.2) is 0 Å². The van der Waals surface area contributed by atoms with E-state index in [1.165, 1.54) is 6.92 Å². The highest BCUT2D eigenvalue weighted by Gasteiger charge is 2.45. The van der Waals surface area contributed by atoms with E-state index in [0.29, 0.717) is 11.8 Å². The van der Waals surface area contributed by atoms with E-state index in [-0.39, 0.29) is 18.2 Å². The summed E-state index contributed by atoms with van der Waals surface area (Å²) in [4.78, 5) is 10.8. The molecule has 0 heterocycles. The molecule has 4 atom stereocenters. The lowest BCUT2D eigenvalue weighted by Crippen LogP contribution is -2.23. The van der Waals surface area contributed by atoms with Crippen molar-refractivity contribution in [2.45, 2.75) is 44.8 Å².